The molecule has 0 aromatic heterocycles. The highest BCUT2D eigenvalue weighted by atomic mass is 16.5. The van der Waals surface area contributed by atoms with E-state index in [4.69, 9.17) is 14.7 Å². The van der Waals surface area contributed by atoms with Gasteiger partial charge in [0.25, 0.3) is 0 Å². The molecular weight excluding hydrogens is 204 g/mol. The highest BCUT2D eigenvalue weighted by molar-refractivity contribution is 5.46. The van der Waals surface area contributed by atoms with Crippen LogP contribution in [0.15, 0.2) is 18.2 Å². The zero-order valence-electron chi connectivity index (χ0n) is 9.43. The fraction of sp³-hybridized carbons (Fsp3) is 0.417. The molecular formula is C12H14N2O2. The Morgan fingerprint density at radius 2 is 2.12 bits per heavy atom. The summed E-state index contributed by atoms with van der Waals surface area (Å²) in [6.07, 6.45) is 0.229. The van der Waals surface area contributed by atoms with Crippen LogP contribution in [0.25, 0.3) is 0 Å². The molecule has 1 aliphatic rings. The van der Waals surface area contributed by atoms with E-state index >= 15 is 0 Å². The number of nitriles is 1. The van der Waals surface area contributed by atoms with E-state index in [0.717, 1.165) is 13.1 Å². The standard InChI is InChI=1S/C12H14N2O2/c1-14-7-10(8-14)16-11-4-3-9(6-13)5-12(11)15-2/h3-5,10H,7-8H2,1-2H3. The van der Waals surface area contributed by atoms with Gasteiger partial charge in [0.1, 0.15) is 6.10 Å². The Kier molecular flexibility index (Phi) is 2.97. The molecule has 0 unspecified atom stereocenters. The number of likely N-dealkylation sites (N-methyl/N-ethyl adjacent to an activating group) is 1. The largest absolute Gasteiger partial charge is 0.493 e. The average Bonchev–Trinajstić information content (AvgIpc) is 2.27. The number of rotatable bonds is 3. The lowest BCUT2D eigenvalue weighted by Crippen LogP contribution is -2.51. The molecule has 0 bridgehead atoms. The van der Waals surface area contributed by atoms with Crippen molar-refractivity contribution >= 4 is 0 Å². The van der Waals surface area contributed by atoms with Crippen LogP contribution < -0.4 is 9.47 Å². The molecule has 1 heterocycles. The van der Waals surface area contributed by atoms with Gasteiger partial charge < -0.3 is 9.47 Å². The van der Waals surface area contributed by atoms with Crippen molar-refractivity contribution in [3.63, 3.8) is 0 Å². The molecule has 1 aliphatic heterocycles. The van der Waals surface area contributed by atoms with Crippen molar-refractivity contribution in [1.29, 1.82) is 5.26 Å². The highest BCUT2D eigenvalue weighted by Crippen LogP contribution is 2.29. The SMILES string of the molecule is COc1cc(C#N)ccc1OC1CN(C)C1. The third-order valence-electron chi connectivity index (χ3n) is 2.62. The second kappa shape index (κ2) is 4.42. The summed E-state index contributed by atoms with van der Waals surface area (Å²) in [4.78, 5) is 2.18. The van der Waals surface area contributed by atoms with Gasteiger partial charge in [0.2, 0.25) is 0 Å². The van der Waals surface area contributed by atoms with Gasteiger partial charge in [0.05, 0.1) is 18.7 Å². The van der Waals surface area contributed by atoms with Crippen LogP contribution in [0.5, 0.6) is 11.5 Å². The van der Waals surface area contributed by atoms with Crippen LogP contribution >= 0.6 is 0 Å². The molecule has 0 saturated carbocycles. The summed E-state index contributed by atoms with van der Waals surface area (Å²) >= 11 is 0. The molecule has 1 saturated heterocycles. The lowest BCUT2D eigenvalue weighted by Gasteiger charge is -2.36. The Hall–Kier alpha value is -1.73. The van der Waals surface area contributed by atoms with Crippen LogP contribution in [0.2, 0.25) is 0 Å². The van der Waals surface area contributed by atoms with Crippen molar-refractivity contribution in [3.8, 4) is 17.6 Å². The third-order valence-corrected chi connectivity index (χ3v) is 2.62. The van der Waals surface area contributed by atoms with Gasteiger partial charge in [-0.25, -0.2) is 0 Å². The maximum atomic E-state index is 8.77. The first-order valence-corrected chi connectivity index (χ1v) is 5.16. The Bertz CT molecular complexity index is 420. The second-order valence-electron chi connectivity index (χ2n) is 3.94. The molecule has 4 nitrogen and oxygen atoms in total. The van der Waals surface area contributed by atoms with Crippen LogP contribution in [0.1, 0.15) is 5.56 Å². The van der Waals surface area contributed by atoms with Crippen molar-refractivity contribution in [2.45, 2.75) is 6.10 Å². The Balaban J connectivity index is 2.11. The number of hydrogen-bond acceptors (Lipinski definition) is 4. The van der Waals surface area contributed by atoms with Crippen LogP contribution in [-0.4, -0.2) is 38.3 Å². The Morgan fingerprint density at radius 1 is 1.38 bits per heavy atom. The molecule has 0 amide bonds. The number of nitrogens with zero attached hydrogens (tertiary/aromatic N) is 2. The Labute approximate surface area is 95.0 Å². The molecule has 0 atom stereocenters. The summed E-state index contributed by atoms with van der Waals surface area (Å²) in [5.41, 5.74) is 0.579. The van der Waals surface area contributed by atoms with Gasteiger partial charge in [-0.3, -0.25) is 4.90 Å². The first-order chi connectivity index (χ1) is 7.72. The van der Waals surface area contributed by atoms with Crippen molar-refractivity contribution in [2.75, 3.05) is 27.2 Å². The van der Waals surface area contributed by atoms with Crippen LogP contribution in [0, 0.1) is 11.3 Å². The van der Waals surface area contributed by atoms with Gasteiger partial charge in [-0.05, 0) is 19.2 Å². The molecule has 1 aromatic carbocycles. The molecule has 4 heteroatoms. The third kappa shape index (κ3) is 2.10. The molecule has 1 fully saturated rings. The molecule has 84 valence electrons. The molecule has 0 radical (unpaired) electrons. The average molecular weight is 218 g/mol. The zero-order valence-corrected chi connectivity index (χ0v) is 9.43. The van der Waals surface area contributed by atoms with Crippen molar-refractivity contribution in [3.05, 3.63) is 23.8 Å². The topological polar surface area (TPSA) is 45.5 Å². The zero-order chi connectivity index (χ0) is 11.5. The summed E-state index contributed by atoms with van der Waals surface area (Å²) < 4.78 is 11.0. The molecule has 16 heavy (non-hydrogen) atoms. The first kappa shape index (κ1) is 10.8. The minimum Gasteiger partial charge on any atom is -0.493 e. The van der Waals surface area contributed by atoms with Crippen molar-refractivity contribution < 1.29 is 9.47 Å². The van der Waals surface area contributed by atoms with Gasteiger partial charge in [0.15, 0.2) is 11.5 Å². The van der Waals surface area contributed by atoms with Crippen LogP contribution in [0.3, 0.4) is 0 Å². The lowest BCUT2D eigenvalue weighted by molar-refractivity contribution is 0.0369. The molecule has 1 aromatic rings. The van der Waals surface area contributed by atoms with E-state index in [2.05, 4.69) is 18.0 Å². The van der Waals surface area contributed by atoms with E-state index in [1.165, 1.54) is 0 Å². The molecule has 0 aliphatic carbocycles. The van der Waals surface area contributed by atoms with E-state index < -0.39 is 0 Å². The number of benzene rings is 1. The molecule has 0 spiro atoms. The van der Waals surface area contributed by atoms with Gasteiger partial charge in [0, 0.05) is 19.2 Å². The summed E-state index contributed by atoms with van der Waals surface area (Å²) in [7, 11) is 3.63. The number of likely N-dealkylation sites (tertiary alicyclic amines) is 1. The maximum Gasteiger partial charge on any atom is 0.162 e. The summed E-state index contributed by atoms with van der Waals surface area (Å²) in [6, 6.07) is 7.29. The fourth-order valence-electron chi connectivity index (χ4n) is 1.73. The van der Waals surface area contributed by atoms with E-state index in [-0.39, 0.29) is 6.10 Å². The van der Waals surface area contributed by atoms with Gasteiger partial charge in [-0.2, -0.15) is 5.26 Å². The van der Waals surface area contributed by atoms with Crippen molar-refractivity contribution in [2.24, 2.45) is 0 Å². The van der Waals surface area contributed by atoms with E-state index in [1.807, 2.05) is 0 Å². The van der Waals surface area contributed by atoms with Crippen LogP contribution in [0.4, 0.5) is 0 Å². The van der Waals surface area contributed by atoms with Gasteiger partial charge >= 0.3 is 0 Å². The lowest BCUT2D eigenvalue weighted by atomic mass is 10.2. The predicted molar refractivity (Wildman–Crippen MR) is 59.6 cm³/mol. The Morgan fingerprint density at radius 3 is 2.69 bits per heavy atom. The van der Waals surface area contributed by atoms with Gasteiger partial charge in [-0.15, -0.1) is 0 Å². The summed E-state index contributed by atoms with van der Waals surface area (Å²) in [5, 5.41) is 8.77. The van der Waals surface area contributed by atoms with E-state index in [9.17, 15) is 0 Å². The quantitative estimate of drug-likeness (QED) is 0.766. The maximum absolute atomic E-state index is 8.77. The fourth-order valence-corrected chi connectivity index (χ4v) is 1.73. The molecule has 0 N–H and O–H groups in total. The first-order valence-electron chi connectivity index (χ1n) is 5.16. The van der Waals surface area contributed by atoms with Gasteiger partial charge in [-0.1, -0.05) is 0 Å². The monoisotopic (exact) mass is 218 g/mol. The normalized spacial score (nSPS) is 16.3. The summed E-state index contributed by atoms with van der Waals surface area (Å²) in [5.74, 6) is 1.33. The second-order valence-corrected chi connectivity index (χ2v) is 3.94. The minimum atomic E-state index is 0.229. The van der Waals surface area contributed by atoms with E-state index in [1.54, 1.807) is 25.3 Å². The summed E-state index contributed by atoms with van der Waals surface area (Å²) in [6.45, 7) is 1.87. The highest BCUT2D eigenvalue weighted by Gasteiger charge is 2.25. The number of methoxy groups -OCH3 is 1. The number of ether oxygens (including phenoxy) is 2. The van der Waals surface area contributed by atoms with Crippen LogP contribution in [-0.2, 0) is 0 Å². The number of hydrogen-bond donors (Lipinski definition) is 0. The molecule has 2 rings (SSSR count). The smallest absolute Gasteiger partial charge is 0.162 e. The van der Waals surface area contributed by atoms with E-state index in [0.29, 0.717) is 17.1 Å². The predicted octanol–water partition coefficient (Wildman–Crippen LogP) is 1.26. The van der Waals surface area contributed by atoms with Crippen molar-refractivity contribution in [1.82, 2.24) is 4.90 Å². The minimum absolute atomic E-state index is 0.229.